The van der Waals surface area contributed by atoms with Crippen LogP contribution in [0.1, 0.15) is 38.3 Å². The smallest absolute Gasteiger partial charge is 0.346 e. The Morgan fingerprint density at radius 1 is 1.35 bits per heavy atom. The first kappa shape index (κ1) is 14.4. The van der Waals surface area contributed by atoms with E-state index in [9.17, 15) is 4.79 Å². The molecule has 5 heteroatoms. The van der Waals surface area contributed by atoms with Gasteiger partial charge in [-0.05, 0) is 30.5 Å². The summed E-state index contributed by atoms with van der Waals surface area (Å²) in [6.45, 7) is 5.41. The van der Waals surface area contributed by atoms with E-state index >= 15 is 0 Å². The molecule has 0 saturated heterocycles. The molecular weight excluding hydrogens is 254 g/mol. The van der Waals surface area contributed by atoms with Gasteiger partial charge in [-0.1, -0.05) is 26.0 Å². The number of amidine groups is 1. The van der Waals surface area contributed by atoms with Crippen LogP contribution in [0, 0.1) is 0 Å². The maximum absolute atomic E-state index is 11.8. The van der Waals surface area contributed by atoms with Crippen LogP contribution in [0.4, 0.5) is 4.79 Å². The summed E-state index contributed by atoms with van der Waals surface area (Å²) in [5.74, 6) is 1.16. The number of rotatable bonds is 6. The van der Waals surface area contributed by atoms with Crippen LogP contribution in [0.25, 0.3) is 0 Å². The Hall–Kier alpha value is -2.04. The molecule has 0 aliphatic carbocycles. The van der Waals surface area contributed by atoms with E-state index in [1.807, 2.05) is 31.2 Å². The molecule has 108 valence electrons. The summed E-state index contributed by atoms with van der Waals surface area (Å²) in [6, 6.07) is 7.19. The number of amides is 2. The third-order valence-electron chi connectivity index (χ3n) is 3.17. The molecule has 5 nitrogen and oxygen atoms in total. The van der Waals surface area contributed by atoms with Gasteiger partial charge in [0.25, 0.3) is 0 Å². The topological polar surface area (TPSA) is 67.9 Å². The molecule has 0 saturated carbocycles. The molecule has 1 aromatic carbocycles. The number of nitrogens with two attached hydrogens (primary N) is 1. The van der Waals surface area contributed by atoms with Crippen LogP contribution >= 0.6 is 0 Å². The van der Waals surface area contributed by atoms with E-state index in [1.54, 1.807) is 4.90 Å². The van der Waals surface area contributed by atoms with Gasteiger partial charge in [-0.25, -0.2) is 4.79 Å². The molecule has 2 rings (SSSR count). The van der Waals surface area contributed by atoms with Crippen molar-refractivity contribution in [1.82, 2.24) is 4.90 Å². The molecule has 2 amide bonds. The summed E-state index contributed by atoms with van der Waals surface area (Å²) in [6.07, 6.45) is 1.83. The van der Waals surface area contributed by atoms with Gasteiger partial charge in [-0.15, -0.1) is 0 Å². The first-order chi connectivity index (χ1) is 9.67. The van der Waals surface area contributed by atoms with Gasteiger partial charge in [0.1, 0.15) is 17.6 Å². The lowest BCUT2D eigenvalue weighted by Crippen LogP contribution is -2.33. The van der Waals surface area contributed by atoms with Crippen molar-refractivity contribution < 1.29 is 9.53 Å². The van der Waals surface area contributed by atoms with E-state index in [0.717, 1.165) is 24.2 Å². The lowest BCUT2D eigenvalue weighted by Gasteiger charge is -2.24. The lowest BCUT2D eigenvalue weighted by molar-refractivity contribution is 0.206. The second kappa shape index (κ2) is 6.41. The van der Waals surface area contributed by atoms with Crippen molar-refractivity contribution in [2.24, 2.45) is 10.7 Å². The van der Waals surface area contributed by atoms with Crippen molar-refractivity contribution >= 4 is 11.9 Å². The molecule has 0 bridgehead atoms. The minimum Gasteiger partial charge on any atom is -0.494 e. The van der Waals surface area contributed by atoms with Crippen molar-refractivity contribution in [2.45, 2.75) is 32.7 Å². The van der Waals surface area contributed by atoms with Gasteiger partial charge in [-0.2, -0.15) is 4.99 Å². The van der Waals surface area contributed by atoms with Crippen molar-refractivity contribution in [3.8, 4) is 5.75 Å². The Labute approximate surface area is 119 Å². The van der Waals surface area contributed by atoms with E-state index in [2.05, 4.69) is 11.9 Å². The fourth-order valence-electron chi connectivity index (χ4n) is 2.32. The average molecular weight is 275 g/mol. The summed E-state index contributed by atoms with van der Waals surface area (Å²) in [5.41, 5.74) is 6.86. The molecule has 1 unspecified atom stereocenters. The zero-order valence-electron chi connectivity index (χ0n) is 12.0. The number of carbonyl (C=O) groups is 1. The van der Waals surface area contributed by atoms with Crippen LogP contribution in [0.2, 0.25) is 0 Å². The highest BCUT2D eigenvalue weighted by molar-refractivity contribution is 6.03. The predicted octanol–water partition coefficient (Wildman–Crippen LogP) is 2.72. The fourth-order valence-corrected chi connectivity index (χ4v) is 2.32. The van der Waals surface area contributed by atoms with E-state index < -0.39 is 0 Å². The molecule has 1 heterocycles. The number of ether oxygens (including phenoxy) is 1. The first-order valence-corrected chi connectivity index (χ1v) is 7.04. The van der Waals surface area contributed by atoms with Crippen LogP contribution in [0.15, 0.2) is 29.3 Å². The maximum atomic E-state index is 11.8. The van der Waals surface area contributed by atoms with Crippen LogP contribution in [0.3, 0.4) is 0 Å². The summed E-state index contributed by atoms with van der Waals surface area (Å²) in [7, 11) is 0. The highest BCUT2D eigenvalue weighted by Crippen LogP contribution is 2.29. The quantitative estimate of drug-likeness (QED) is 0.868. The van der Waals surface area contributed by atoms with Crippen LogP contribution in [0.5, 0.6) is 5.75 Å². The van der Waals surface area contributed by atoms with Crippen LogP contribution < -0.4 is 10.5 Å². The third-order valence-corrected chi connectivity index (χ3v) is 3.17. The van der Waals surface area contributed by atoms with Gasteiger partial charge in [0.15, 0.2) is 0 Å². The van der Waals surface area contributed by atoms with E-state index in [-0.39, 0.29) is 12.1 Å². The predicted molar refractivity (Wildman–Crippen MR) is 79.0 cm³/mol. The molecule has 1 atom stereocenters. The molecule has 0 radical (unpaired) electrons. The van der Waals surface area contributed by atoms with E-state index in [1.165, 1.54) is 0 Å². The molecule has 1 aliphatic heterocycles. The number of nitrogens with zero attached hydrogens (tertiary/aromatic N) is 2. The summed E-state index contributed by atoms with van der Waals surface area (Å²) >= 11 is 0. The number of hydrogen-bond donors (Lipinski definition) is 1. The number of benzene rings is 1. The van der Waals surface area contributed by atoms with Crippen molar-refractivity contribution in [3.63, 3.8) is 0 Å². The molecule has 0 spiro atoms. The number of carbonyl (C=O) groups excluding carboxylic acids is 1. The fraction of sp³-hybridized carbons (Fsp3) is 0.467. The summed E-state index contributed by atoms with van der Waals surface area (Å²) < 4.78 is 5.63. The zero-order valence-corrected chi connectivity index (χ0v) is 12.0. The average Bonchev–Trinajstić information content (AvgIpc) is 2.72. The molecule has 20 heavy (non-hydrogen) atoms. The lowest BCUT2D eigenvalue weighted by atomic mass is 10.0. The SMILES string of the molecule is CCCOc1cccc(C2C(N)=NC(=O)N2CCC)c1. The van der Waals surface area contributed by atoms with Crippen LogP contribution in [-0.2, 0) is 0 Å². The Morgan fingerprint density at radius 3 is 2.85 bits per heavy atom. The summed E-state index contributed by atoms with van der Waals surface area (Å²) in [5, 5.41) is 0. The Balaban J connectivity index is 2.24. The monoisotopic (exact) mass is 275 g/mol. The number of urea groups is 1. The number of aliphatic imine (C=N–C) groups is 1. The van der Waals surface area contributed by atoms with Gasteiger partial charge in [0.2, 0.25) is 0 Å². The maximum Gasteiger partial charge on any atom is 0.346 e. The molecule has 1 aliphatic rings. The third kappa shape index (κ3) is 2.92. The Kier molecular flexibility index (Phi) is 4.61. The highest BCUT2D eigenvalue weighted by atomic mass is 16.5. The second-order valence-electron chi connectivity index (χ2n) is 4.84. The number of hydrogen-bond acceptors (Lipinski definition) is 3. The van der Waals surface area contributed by atoms with Crippen molar-refractivity contribution in [1.29, 1.82) is 0 Å². The van der Waals surface area contributed by atoms with E-state index in [4.69, 9.17) is 10.5 Å². The molecular formula is C15H21N3O2. The minimum atomic E-state index is -0.271. The second-order valence-corrected chi connectivity index (χ2v) is 4.84. The highest BCUT2D eigenvalue weighted by Gasteiger charge is 2.33. The van der Waals surface area contributed by atoms with Gasteiger partial charge in [0.05, 0.1) is 6.61 Å². The van der Waals surface area contributed by atoms with Crippen LogP contribution in [-0.4, -0.2) is 29.9 Å². The largest absolute Gasteiger partial charge is 0.494 e. The van der Waals surface area contributed by atoms with Crippen molar-refractivity contribution in [3.05, 3.63) is 29.8 Å². The Morgan fingerprint density at radius 2 is 2.15 bits per heavy atom. The Bertz CT molecular complexity index is 514. The van der Waals surface area contributed by atoms with Gasteiger partial charge in [-0.3, -0.25) is 0 Å². The van der Waals surface area contributed by atoms with Gasteiger partial charge < -0.3 is 15.4 Å². The zero-order chi connectivity index (χ0) is 14.5. The molecule has 0 aromatic heterocycles. The normalized spacial score (nSPS) is 18.3. The molecule has 1 aromatic rings. The van der Waals surface area contributed by atoms with Gasteiger partial charge >= 0.3 is 6.03 Å². The van der Waals surface area contributed by atoms with Crippen molar-refractivity contribution in [2.75, 3.05) is 13.2 Å². The standard InChI is InChI=1S/C15H21N3O2/c1-3-8-18-13(14(16)17-15(18)19)11-6-5-7-12(10-11)20-9-4-2/h5-7,10,13H,3-4,8-9H2,1-2H3,(H2,16,17,19). The summed E-state index contributed by atoms with van der Waals surface area (Å²) in [4.78, 5) is 17.4. The van der Waals surface area contributed by atoms with E-state index in [0.29, 0.717) is 19.0 Å². The molecule has 0 fully saturated rings. The first-order valence-electron chi connectivity index (χ1n) is 7.04. The minimum absolute atomic E-state index is 0.255. The molecule has 2 N–H and O–H groups in total. The van der Waals surface area contributed by atoms with Gasteiger partial charge in [0, 0.05) is 6.54 Å².